The Morgan fingerprint density at radius 3 is 2.56 bits per heavy atom. The molecule has 1 heterocycles. The lowest BCUT2D eigenvalue weighted by Gasteiger charge is -2.59. The summed E-state index contributed by atoms with van der Waals surface area (Å²) in [4.78, 5) is 36.2. The number of esters is 1. The van der Waals surface area contributed by atoms with Gasteiger partial charge in [-0.2, -0.15) is 5.06 Å². The fourth-order valence-corrected chi connectivity index (χ4v) is 6.55. The Kier molecular flexibility index (Phi) is 4.26. The number of hydrogen-bond donors (Lipinski definition) is 1. The van der Waals surface area contributed by atoms with Crippen LogP contribution >= 0.6 is 0 Å². The molecule has 0 bridgehead atoms. The number of piperidine rings is 1. The maximum absolute atomic E-state index is 12.7. The number of fused-ring (bicyclic) bond motifs is 5. The minimum atomic E-state index is -0.652. The van der Waals surface area contributed by atoms with E-state index in [1.165, 1.54) is 12.5 Å². The highest BCUT2D eigenvalue weighted by Crippen LogP contribution is 2.63. The van der Waals surface area contributed by atoms with Crippen LogP contribution < -0.4 is 0 Å². The van der Waals surface area contributed by atoms with Crippen LogP contribution in [0.5, 0.6) is 0 Å². The minimum Gasteiger partial charge on any atom is -0.462 e. The summed E-state index contributed by atoms with van der Waals surface area (Å²) in [7, 11) is 0. The summed E-state index contributed by atoms with van der Waals surface area (Å²) in [6, 6.07) is 0. The van der Waals surface area contributed by atoms with Gasteiger partial charge in [-0.15, -0.1) is 0 Å². The van der Waals surface area contributed by atoms with E-state index in [0.717, 1.165) is 32.1 Å². The zero-order chi connectivity index (χ0) is 19.6. The Bertz CT molecular complexity index is 730. The number of nitrogens with zero attached hydrogens (tertiary/aromatic N) is 1. The van der Waals surface area contributed by atoms with Gasteiger partial charge in [-0.25, -0.2) is 0 Å². The third-order valence-electron chi connectivity index (χ3n) is 8.09. The van der Waals surface area contributed by atoms with E-state index >= 15 is 0 Å². The van der Waals surface area contributed by atoms with E-state index in [1.54, 1.807) is 0 Å². The van der Waals surface area contributed by atoms with Gasteiger partial charge in [-0.05, 0) is 55.3 Å². The van der Waals surface area contributed by atoms with Gasteiger partial charge >= 0.3 is 5.97 Å². The summed E-state index contributed by atoms with van der Waals surface area (Å²) in [6.45, 7) is 5.70. The summed E-state index contributed by atoms with van der Waals surface area (Å²) in [5.74, 6) is -0.425. The van der Waals surface area contributed by atoms with Gasteiger partial charge in [0.05, 0.1) is 5.41 Å². The highest BCUT2D eigenvalue weighted by atomic mass is 16.5. The van der Waals surface area contributed by atoms with Crippen molar-refractivity contribution in [2.75, 3.05) is 0 Å². The number of carbonyl (C=O) groups is 3. The van der Waals surface area contributed by atoms with Crippen LogP contribution in [0.3, 0.4) is 0 Å². The number of amides is 2. The zero-order valence-electron chi connectivity index (χ0n) is 16.4. The number of ether oxygens (including phenoxy) is 1. The molecule has 6 nitrogen and oxygen atoms in total. The molecule has 2 saturated carbocycles. The first-order chi connectivity index (χ1) is 12.7. The second-order valence-corrected chi connectivity index (χ2v) is 9.40. The number of allylic oxidation sites excluding steroid dienone is 1. The van der Waals surface area contributed by atoms with Crippen molar-refractivity contribution in [1.29, 1.82) is 0 Å². The quantitative estimate of drug-likeness (QED) is 0.329. The summed E-state index contributed by atoms with van der Waals surface area (Å²) >= 11 is 0. The number of hydroxylamine groups is 2. The normalized spacial score (nSPS) is 44.0. The molecule has 1 aliphatic heterocycles. The van der Waals surface area contributed by atoms with Crippen LogP contribution in [0.2, 0.25) is 0 Å². The van der Waals surface area contributed by atoms with E-state index in [2.05, 4.69) is 13.0 Å². The Hall–Kier alpha value is -1.69. The summed E-state index contributed by atoms with van der Waals surface area (Å²) in [5.41, 5.74) is 0.770. The Balaban J connectivity index is 1.62. The number of rotatable bonds is 1. The van der Waals surface area contributed by atoms with E-state index in [4.69, 9.17) is 4.74 Å². The van der Waals surface area contributed by atoms with Crippen molar-refractivity contribution < 1.29 is 24.3 Å². The van der Waals surface area contributed by atoms with Gasteiger partial charge in [0.25, 0.3) is 11.8 Å². The van der Waals surface area contributed by atoms with Crippen LogP contribution in [0, 0.1) is 28.6 Å². The van der Waals surface area contributed by atoms with Gasteiger partial charge < -0.3 is 4.74 Å². The van der Waals surface area contributed by atoms with Crippen LogP contribution in [0.25, 0.3) is 0 Å². The van der Waals surface area contributed by atoms with Crippen molar-refractivity contribution >= 4 is 17.8 Å². The molecule has 0 spiro atoms. The van der Waals surface area contributed by atoms with Crippen molar-refractivity contribution in [3.63, 3.8) is 0 Å². The predicted molar refractivity (Wildman–Crippen MR) is 96.3 cm³/mol. The molecule has 2 amide bonds. The van der Waals surface area contributed by atoms with Crippen molar-refractivity contribution in [3.05, 3.63) is 11.6 Å². The second-order valence-electron chi connectivity index (χ2n) is 9.40. The van der Waals surface area contributed by atoms with E-state index < -0.39 is 17.2 Å². The molecule has 3 fully saturated rings. The van der Waals surface area contributed by atoms with Gasteiger partial charge in [0.15, 0.2) is 0 Å². The fraction of sp³-hybridized carbons (Fsp3) is 0.762. The van der Waals surface area contributed by atoms with E-state index in [1.807, 2.05) is 6.92 Å². The van der Waals surface area contributed by atoms with Gasteiger partial charge in [0, 0.05) is 19.8 Å². The third-order valence-corrected chi connectivity index (χ3v) is 8.09. The van der Waals surface area contributed by atoms with Gasteiger partial charge in [0.2, 0.25) is 0 Å². The van der Waals surface area contributed by atoms with Gasteiger partial charge in [-0.3, -0.25) is 19.6 Å². The molecule has 148 valence electrons. The molecule has 1 N–H and O–H groups in total. The third kappa shape index (κ3) is 2.67. The van der Waals surface area contributed by atoms with E-state index in [-0.39, 0.29) is 35.7 Å². The topological polar surface area (TPSA) is 83.9 Å². The number of carbonyl (C=O) groups excluding carboxylic acids is 3. The molecule has 0 aromatic rings. The average Bonchev–Trinajstić information content (AvgIpc) is 2.61. The van der Waals surface area contributed by atoms with Gasteiger partial charge in [-0.1, -0.05) is 25.5 Å². The maximum Gasteiger partial charge on any atom is 0.302 e. The highest BCUT2D eigenvalue weighted by molar-refractivity contribution is 5.99. The number of imide groups is 1. The van der Waals surface area contributed by atoms with E-state index in [0.29, 0.717) is 17.4 Å². The first-order valence-corrected chi connectivity index (χ1v) is 10.1. The van der Waals surface area contributed by atoms with Crippen molar-refractivity contribution in [1.82, 2.24) is 5.06 Å². The molecule has 1 saturated heterocycles. The standard InChI is InChI=1S/C21H29NO5/c1-12(23)27-14-6-8-20(2)13(10-14)4-5-15-16(20)7-9-21(3)17(15)11-18(24)22(26)19(21)25/h4,14-17,26H,5-11H2,1-3H3/t14-,15-,16-,17-,20-,21-/m1/s1. The smallest absolute Gasteiger partial charge is 0.302 e. The molecule has 27 heavy (non-hydrogen) atoms. The molecular formula is C21H29NO5. The monoisotopic (exact) mass is 375 g/mol. The molecule has 4 aliphatic rings. The SMILES string of the molecule is CC(=O)O[C@@H]1CC[C@]2(C)C(=CC[C@H]3[C@H]4CC(=O)N(O)C(=O)[C@]4(C)CC[C@H]32)C1. The van der Waals surface area contributed by atoms with Crippen LogP contribution in [0.1, 0.15) is 65.7 Å². The fourth-order valence-electron chi connectivity index (χ4n) is 6.55. The molecule has 0 aromatic heterocycles. The van der Waals surface area contributed by atoms with Crippen LogP contribution in [0.15, 0.2) is 11.6 Å². The Morgan fingerprint density at radius 2 is 1.85 bits per heavy atom. The molecule has 0 radical (unpaired) electrons. The molecular weight excluding hydrogens is 346 g/mol. The summed E-state index contributed by atoms with van der Waals surface area (Å²) in [5, 5.41) is 10.2. The number of hydrogen-bond acceptors (Lipinski definition) is 5. The lowest BCUT2D eigenvalue weighted by Crippen LogP contribution is -2.60. The van der Waals surface area contributed by atoms with Crippen molar-refractivity contribution in [2.45, 2.75) is 71.8 Å². The maximum atomic E-state index is 12.7. The molecule has 6 heteroatoms. The zero-order valence-corrected chi connectivity index (χ0v) is 16.4. The summed E-state index contributed by atoms with van der Waals surface area (Å²) < 4.78 is 5.46. The van der Waals surface area contributed by atoms with Crippen LogP contribution in [-0.2, 0) is 19.1 Å². The van der Waals surface area contributed by atoms with Crippen molar-refractivity contribution in [3.8, 4) is 0 Å². The molecule has 0 aromatic carbocycles. The molecule has 0 unspecified atom stereocenters. The van der Waals surface area contributed by atoms with Crippen LogP contribution in [-0.4, -0.2) is 34.2 Å². The summed E-state index contributed by atoms with van der Waals surface area (Å²) in [6.07, 6.45) is 7.61. The molecule has 6 atom stereocenters. The van der Waals surface area contributed by atoms with E-state index in [9.17, 15) is 19.6 Å². The Labute approximate surface area is 159 Å². The lowest BCUT2D eigenvalue weighted by molar-refractivity contribution is -0.206. The predicted octanol–water partition coefficient (Wildman–Crippen LogP) is 3.24. The molecule has 4 rings (SSSR count). The Morgan fingerprint density at radius 1 is 1.15 bits per heavy atom. The van der Waals surface area contributed by atoms with Crippen molar-refractivity contribution in [2.24, 2.45) is 28.6 Å². The first-order valence-electron chi connectivity index (χ1n) is 10.1. The van der Waals surface area contributed by atoms with Gasteiger partial charge in [0.1, 0.15) is 6.10 Å². The largest absolute Gasteiger partial charge is 0.462 e. The van der Waals surface area contributed by atoms with Crippen LogP contribution in [0.4, 0.5) is 0 Å². The minimum absolute atomic E-state index is 0.0135. The second kappa shape index (κ2) is 6.16. The highest BCUT2D eigenvalue weighted by Gasteiger charge is 2.60. The average molecular weight is 375 g/mol. The molecule has 3 aliphatic carbocycles. The first kappa shape index (κ1) is 18.7. The lowest BCUT2D eigenvalue weighted by atomic mass is 9.46.